The molecular formula is C35H51N3O5. The van der Waals surface area contributed by atoms with Crippen molar-refractivity contribution < 1.29 is 23.7 Å². The van der Waals surface area contributed by atoms with Crippen molar-refractivity contribution in [2.24, 2.45) is 0 Å². The molecule has 2 unspecified atom stereocenters. The molecule has 0 spiro atoms. The molecule has 1 fully saturated rings. The third kappa shape index (κ3) is 7.96. The second-order valence-electron chi connectivity index (χ2n) is 13.8. The Balaban J connectivity index is 1.22. The van der Waals surface area contributed by atoms with Crippen LogP contribution >= 0.6 is 0 Å². The van der Waals surface area contributed by atoms with Crippen molar-refractivity contribution in [2.45, 2.75) is 116 Å². The van der Waals surface area contributed by atoms with Crippen molar-refractivity contribution in [3.8, 4) is 0 Å². The molecule has 0 radical (unpaired) electrons. The molecule has 0 amide bonds. The van der Waals surface area contributed by atoms with Crippen LogP contribution in [0.15, 0.2) is 30.3 Å². The number of methoxy groups -OCH3 is 1. The van der Waals surface area contributed by atoms with E-state index in [-0.39, 0.29) is 18.2 Å². The number of benzene rings is 1. The van der Waals surface area contributed by atoms with Crippen molar-refractivity contribution in [2.75, 3.05) is 38.7 Å². The van der Waals surface area contributed by atoms with Crippen molar-refractivity contribution in [3.05, 3.63) is 58.3 Å². The van der Waals surface area contributed by atoms with Gasteiger partial charge < -0.3 is 24.3 Å². The molecular weight excluding hydrogens is 542 g/mol. The Hall–Kier alpha value is -2.52. The van der Waals surface area contributed by atoms with Gasteiger partial charge in [-0.2, -0.15) is 0 Å². The van der Waals surface area contributed by atoms with E-state index < -0.39 is 17.2 Å². The maximum atomic E-state index is 13.8. The Labute approximate surface area is 257 Å². The summed E-state index contributed by atoms with van der Waals surface area (Å²) in [5.74, 6) is 0.860. The zero-order valence-electron chi connectivity index (χ0n) is 27.0. The molecule has 8 nitrogen and oxygen atoms in total. The van der Waals surface area contributed by atoms with Gasteiger partial charge in [-0.3, -0.25) is 4.90 Å². The minimum absolute atomic E-state index is 0.0963. The molecule has 43 heavy (non-hydrogen) atoms. The standard InChI is InChI=1S/C35H51N3O5/c1-34(2,3)43-33(39)31(28-14-9-11-25-23-42-30(21-29(25)28)35(4,5)40-6)38-19-17-27(22-38)41-20-8-7-13-26-16-15-24-12-10-18-36-32(24)37-26/h9,11,14-16,27,30-31H,7-8,10,12-13,17-23H2,1-6H3,(H,36,37)/t27-,30?,31?/m1/s1. The number of esters is 1. The first kappa shape index (κ1) is 31.9. The van der Waals surface area contributed by atoms with Gasteiger partial charge in [0.2, 0.25) is 0 Å². The fraction of sp³-hybridized carbons (Fsp3) is 0.657. The summed E-state index contributed by atoms with van der Waals surface area (Å²) in [4.78, 5) is 20.9. The highest BCUT2D eigenvalue weighted by Gasteiger charge is 2.40. The molecule has 4 heterocycles. The normalized spacial score (nSPS) is 21.5. The molecule has 1 saturated heterocycles. The van der Waals surface area contributed by atoms with Gasteiger partial charge in [0.05, 0.1) is 24.4 Å². The number of carbonyl (C=O) groups is 1. The molecule has 1 aromatic carbocycles. The number of rotatable bonds is 11. The van der Waals surface area contributed by atoms with E-state index in [0.29, 0.717) is 26.2 Å². The first-order valence-electron chi connectivity index (χ1n) is 16.1. The molecule has 3 aliphatic heterocycles. The van der Waals surface area contributed by atoms with Crippen LogP contribution in [0.3, 0.4) is 0 Å². The first-order chi connectivity index (χ1) is 20.5. The number of nitrogens with one attached hydrogen (secondary N) is 1. The van der Waals surface area contributed by atoms with Crippen LogP contribution in [-0.4, -0.2) is 72.6 Å². The van der Waals surface area contributed by atoms with Crippen molar-refractivity contribution in [1.82, 2.24) is 9.88 Å². The zero-order valence-corrected chi connectivity index (χ0v) is 27.0. The number of aromatic nitrogens is 1. The molecule has 1 aromatic heterocycles. The van der Waals surface area contributed by atoms with E-state index >= 15 is 0 Å². The van der Waals surface area contributed by atoms with Crippen LogP contribution in [0, 0.1) is 0 Å². The number of unbranched alkanes of at least 4 members (excludes halogenated alkanes) is 1. The van der Waals surface area contributed by atoms with E-state index in [4.69, 9.17) is 23.9 Å². The molecule has 0 saturated carbocycles. The van der Waals surface area contributed by atoms with Crippen molar-refractivity contribution in [1.29, 1.82) is 0 Å². The lowest BCUT2D eigenvalue weighted by atomic mass is 9.85. The van der Waals surface area contributed by atoms with Crippen molar-refractivity contribution in [3.63, 3.8) is 0 Å². The van der Waals surface area contributed by atoms with Gasteiger partial charge in [-0.25, -0.2) is 9.78 Å². The lowest BCUT2D eigenvalue weighted by Crippen LogP contribution is -2.44. The lowest BCUT2D eigenvalue weighted by molar-refractivity contribution is -0.161. The van der Waals surface area contributed by atoms with Crippen LogP contribution in [-0.2, 0) is 49.6 Å². The number of carbonyl (C=O) groups excluding carboxylic acids is 1. The van der Waals surface area contributed by atoms with E-state index in [9.17, 15) is 4.79 Å². The number of fused-ring (bicyclic) bond motifs is 2. The number of aryl methyl sites for hydroxylation is 2. The Morgan fingerprint density at radius 2 is 1.98 bits per heavy atom. The summed E-state index contributed by atoms with van der Waals surface area (Å²) in [5.41, 5.74) is 4.78. The predicted octanol–water partition coefficient (Wildman–Crippen LogP) is 5.80. The quantitative estimate of drug-likeness (QED) is 0.259. The SMILES string of the molecule is COC(C)(C)C1Cc2c(cccc2C(C(=O)OC(C)(C)C)N2CC[C@@H](OCCCCc3ccc4c(n3)NCCC4)C2)CO1. The van der Waals surface area contributed by atoms with Crippen LogP contribution in [0.25, 0.3) is 0 Å². The Morgan fingerprint density at radius 3 is 2.77 bits per heavy atom. The highest BCUT2D eigenvalue weighted by Crippen LogP contribution is 2.37. The third-order valence-corrected chi connectivity index (χ3v) is 9.04. The predicted molar refractivity (Wildman–Crippen MR) is 168 cm³/mol. The monoisotopic (exact) mass is 593 g/mol. The average molecular weight is 594 g/mol. The smallest absolute Gasteiger partial charge is 0.328 e. The fourth-order valence-electron chi connectivity index (χ4n) is 6.43. The van der Waals surface area contributed by atoms with Gasteiger partial charge in [0.1, 0.15) is 17.5 Å². The van der Waals surface area contributed by atoms with Gasteiger partial charge in [-0.15, -0.1) is 0 Å². The molecule has 236 valence electrons. The molecule has 1 N–H and O–H groups in total. The second kappa shape index (κ2) is 13.6. The number of hydrogen-bond donors (Lipinski definition) is 1. The highest BCUT2D eigenvalue weighted by atomic mass is 16.6. The minimum atomic E-state index is -0.577. The lowest BCUT2D eigenvalue weighted by Gasteiger charge is -2.38. The summed E-state index contributed by atoms with van der Waals surface area (Å²) in [6, 6.07) is 10.1. The number of nitrogens with zero attached hydrogens (tertiary/aromatic N) is 2. The van der Waals surface area contributed by atoms with Crippen molar-refractivity contribution >= 4 is 11.8 Å². The molecule has 0 bridgehead atoms. The van der Waals surface area contributed by atoms with Crippen LogP contribution in [0.4, 0.5) is 5.82 Å². The van der Waals surface area contributed by atoms with E-state index in [1.54, 1.807) is 7.11 Å². The zero-order chi connectivity index (χ0) is 30.6. The summed E-state index contributed by atoms with van der Waals surface area (Å²) < 4.78 is 24.3. The van der Waals surface area contributed by atoms with E-state index in [1.165, 1.54) is 17.5 Å². The summed E-state index contributed by atoms with van der Waals surface area (Å²) in [6.45, 7) is 13.6. The van der Waals surface area contributed by atoms with E-state index in [1.807, 2.05) is 26.8 Å². The van der Waals surface area contributed by atoms with Gasteiger partial charge in [0.15, 0.2) is 0 Å². The summed E-state index contributed by atoms with van der Waals surface area (Å²) >= 11 is 0. The Kier molecular flexibility index (Phi) is 10.1. The fourth-order valence-corrected chi connectivity index (χ4v) is 6.43. The molecule has 8 heteroatoms. The maximum Gasteiger partial charge on any atom is 0.328 e. The molecule has 5 rings (SSSR count). The maximum absolute atomic E-state index is 13.8. The summed E-state index contributed by atoms with van der Waals surface area (Å²) in [7, 11) is 1.72. The van der Waals surface area contributed by atoms with Crippen LogP contribution in [0.1, 0.15) is 94.3 Å². The van der Waals surface area contributed by atoms with Gasteiger partial charge in [-0.05, 0) is 101 Å². The minimum Gasteiger partial charge on any atom is -0.459 e. The Bertz CT molecular complexity index is 1260. The number of hydrogen-bond acceptors (Lipinski definition) is 8. The average Bonchev–Trinajstić information content (AvgIpc) is 3.44. The van der Waals surface area contributed by atoms with Crippen LogP contribution in [0.2, 0.25) is 0 Å². The highest BCUT2D eigenvalue weighted by molar-refractivity contribution is 5.79. The number of likely N-dealkylation sites (tertiary alicyclic amines) is 1. The summed E-state index contributed by atoms with van der Waals surface area (Å²) in [6.07, 6.45) is 6.86. The number of anilines is 1. The van der Waals surface area contributed by atoms with E-state index in [2.05, 4.69) is 48.3 Å². The van der Waals surface area contributed by atoms with Gasteiger partial charge in [-0.1, -0.05) is 24.3 Å². The topological polar surface area (TPSA) is 82.2 Å². The van der Waals surface area contributed by atoms with Gasteiger partial charge in [0, 0.05) is 45.5 Å². The molecule has 3 aliphatic rings. The van der Waals surface area contributed by atoms with Crippen LogP contribution < -0.4 is 5.32 Å². The third-order valence-electron chi connectivity index (χ3n) is 9.04. The number of ether oxygens (including phenoxy) is 4. The number of pyridine rings is 1. The molecule has 3 atom stereocenters. The summed E-state index contributed by atoms with van der Waals surface area (Å²) in [5, 5.41) is 3.43. The largest absolute Gasteiger partial charge is 0.459 e. The molecule has 2 aromatic rings. The van der Waals surface area contributed by atoms with E-state index in [0.717, 1.165) is 67.8 Å². The second-order valence-corrected chi connectivity index (χ2v) is 13.8. The van der Waals surface area contributed by atoms with Gasteiger partial charge >= 0.3 is 5.97 Å². The van der Waals surface area contributed by atoms with Crippen LogP contribution in [0.5, 0.6) is 0 Å². The first-order valence-corrected chi connectivity index (χ1v) is 16.1. The Morgan fingerprint density at radius 1 is 1.14 bits per heavy atom. The van der Waals surface area contributed by atoms with Gasteiger partial charge in [0.25, 0.3) is 0 Å². The molecule has 0 aliphatic carbocycles.